The van der Waals surface area contributed by atoms with Gasteiger partial charge in [-0.05, 0) is 54.4 Å². The quantitative estimate of drug-likeness (QED) is 0.347. The average Bonchev–Trinajstić information content (AvgIpc) is 3.24. The molecule has 0 aliphatic rings. The number of phenolic OH excluding ortho intramolecular Hbond substituents is 1. The second-order valence-corrected chi connectivity index (χ2v) is 10.00. The molecule has 0 aliphatic carbocycles. The number of benzene rings is 3. The maximum Gasteiger partial charge on any atom is 0.146 e. The van der Waals surface area contributed by atoms with E-state index in [9.17, 15) is 5.11 Å². The van der Waals surface area contributed by atoms with Gasteiger partial charge in [-0.15, -0.1) is 15.0 Å². The number of aromatic nitrogens is 3. The minimum Gasteiger partial charge on any atom is -0.505 e. The highest BCUT2D eigenvalue weighted by Gasteiger charge is 2.29. The predicted molar refractivity (Wildman–Crippen MR) is 138 cm³/mol. The van der Waals surface area contributed by atoms with E-state index in [4.69, 9.17) is 0 Å². The van der Waals surface area contributed by atoms with Crippen molar-refractivity contribution < 1.29 is 5.11 Å². The minimum atomic E-state index is -0.134. The molecule has 174 valence electrons. The van der Waals surface area contributed by atoms with Gasteiger partial charge in [-0.3, -0.25) is 0 Å². The normalized spacial score (nSPS) is 11.8. The average molecular weight is 444 g/mol. The van der Waals surface area contributed by atoms with Gasteiger partial charge in [-0.25, -0.2) is 0 Å². The molecule has 0 amide bonds. The fourth-order valence-corrected chi connectivity index (χ4v) is 3.57. The summed E-state index contributed by atoms with van der Waals surface area (Å²) in [6, 6.07) is 22.2. The van der Waals surface area contributed by atoms with Crippen LogP contribution < -0.4 is 0 Å². The summed E-state index contributed by atoms with van der Waals surface area (Å²) in [5.74, 6) is 0.271. The molecule has 0 atom stereocenters. The molecule has 0 fully saturated rings. The lowest BCUT2D eigenvalue weighted by molar-refractivity contribution is 0.420. The van der Waals surface area contributed by atoms with E-state index in [0.29, 0.717) is 5.69 Å². The molecule has 0 radical (unpaired) electrons. The number of phenols is 1. The standard InChI is InChI=1S/C22H29N3O.C7H8/c1-7-21(3,4)15-13-16(22(5,6)8-2)20(26)19(14-15)25-23-17-11-9-10-12-18(17)24-25;1-7-5-3-2-4-6-7/h9-14,26H,7-8H2,1-6H3;2-6H,1H3. The van der Waals surface area contributed by atoms with Gasteiger partial charge in [-0.1, -0.05) is 95.6 Å². The van der Waals surface area contributed by atoms with Gasteiger partial charge in [0.2, 0.25) is 0 Å². The monoisotopic (exact) mass is 443 g/mol. The zero-order valence-electron chi connectivity index (χ0n) is 21.1. The molecule has 0 saturated heterocycles. The van der Waals surface area contributed by atoms with Crippen LogP contribution in [0.25, 0.3) is 16.7 Å². The van der Waals surface area contributed by atoms with Crippen molar-refractivity contribution in [2.24, 2.45) is 0 Å². The maximum absolute atomic E-state index is 11.1. The molecule has 1 aromatic heterocycles. The van der Waals surface area contributed by atoms with E-state index in [2.05, 4.69) is 76.9 Å². The molecule has 4 nitrogen and oxygen atoms in total. The number of aryl methyl sites for hydroxylation is 1. The van der Waals surface area contributed by atoms with Crippen LogP contribution in [0.1, 0.15) is 71.1 Å². The second-order valence-electron chi connectivity index (χ2n) is 10.00. The largest absolute Gasteiger partial charge is 0.505 e. The summed E-state index contributed by atoms with van der Waals surface area (Å²) in [7, 11) is 0. The highest BCUT2D eigenvalue weighted by Crippen LogP contribution is 2.41. The molecule has 0 saturated carbocycles. The van der Waals surface area contributed by atoms with Crippen LogP contribution in [0, 0.1) is 6.92 Å². The van der Waals surface area contributed by atoms with Gasteiger partial charge in [0.05, 0.1) is 0 Å². The van der Waals surface area contributed by atoms with Crippen molar-refractivity contribution in [2.75, 3.05) is 0 Å². The molecular formula is C29H37N3O. The summed E-state index contributed by atoms with van der Waals surface area (Å²) in [4.78, 5) is 1.57. The lowest BCUT2D eigenvalue weighted by Gasteiger charge is -2.30. The second kappa shape index (κ2) is 9.78. The number of hydrogen-bond donors (Lipinski definition) is 1. The van der Waals surface area contributed by atoms with Gasteiger partial charge in [0.25, 0.3) is 0 Å². The molecule has 3 aromatic carbocycles. The number of aromatic hydroxyl groups is 1. The first-order chi connectivity index (χ1) is 15.6. The van der Waals surface area contributed by atoms with Crippen molar-refractivity contribution in [1.82, 2.24) is 15.0 Å². The summed E-state index contributed by atoms with van der Waals surface area (Å²) >= 11 is 0. The molecule has 4 aromatic rings. The summed E-state index contributed by atoms with van der Waals surface area (Å²) in [6.45, 7) is 15.2. The highest BCUT2D eigenvalue weighted by molar-refractivity contribution is 5.74. The van der Waals surface area contributed by atoms with Crippen LogP contribution >= 0.6 is 0 Å². The Morgan fingerprint density at radius 2 is 1.27 bits per heavy atom. The minimum absolute atomic E-state index is 0.00754. The molecule has 33 heavy (non-hydrogen) atoms. The predicted octanol–water partition coefficient (Wildman–Crippen LogP) is 7.50. The summed E-state index contributed by atoms with van der Waals surface area (Å²) < 4.78 is 0. The lowest BCUT2D eigenvalue weighted by Crippen LogP contribution is -2.21. The van der Waals surface area contributed by atoms with E-state index in [-0.39, 0.29) is 16.6 Å². The Bertz CT molecular complexity index is 1170. The summed E-state index contributed by atoms with van der Waals surface area (Å²) in [5, 5.41) is 20.3. The van der Waals surface area contributed by atoms with Crippen molar-refractivity contribution >= 4 is 11.0 Å². The van der Waals surface area contributed by atoms with Crippen LogP contribution in [-0.4, -0.2) is 20.1 Å². The Balaban J connectivity index is 0.000000374. The van der Waals surface area contributed by atoms with E-state index in [1.807, 2.05) is 48.5 Å². The fraction of sp³-hybridized carbons (Fsp3) is 0.379. The van der Waals surface area contributed by atoms with Crippen LogP contribution in [0.15, 0.2) is 66.7 Å². The molecule has 0 aliphatic heterocycles. The molecule has 0 unspecified atom stereocenters. The van der Waals surface area contributed by atoms with Crippen LogP contribution in [0.2, 0.25) is 0 Å². The third-order valence-corrected chi connectivity index (χ3v) is 6.81. The van der Waals surface area contributed by atoms with Crippen molar-refractivity contribution in [2.45, 2.75) is 72.1 Å². The Morgan fingerprint density at radius 1 is 0.758 bits per heavy atom. The molecular weight excluding hydrogens is 406 g/mol. The molecule has 0 spiro atoms. The van der Waals surface area contributed by atoms with Gasteiger partial charge in [-0.2, -0.15) is 0 Å². The lowest BCUT2D eigenvalue weighted by atomic mass is 9.76. The molecule has 0 bridgehead atoms. The van der Waals surface area contributed by atoms with E-state index < -0.39 is 0 Å². The molecule has 1 N–H and O–H groups in total. The molecule has 4 heteroatoms. The van der Waals surface area contributed by atoms with Crippen LogP contribution in [0.3, 0.4) is 0 Å². The smallest absolute Gasteiger partial charge is 0.146 e. The van der Waals surface area contributed by atoms with E-state index in [0.717, 1.165) is 29.4 Å². The van der Waals surface area contributed by atoms with Crippen molar-refractivity contribution in [3.8, 4) is 11.4 Å². The molecule has 4 rings (SSSR count). The van der Waals surface area contributed by atoms with Crippen LogP contribution in [-0.2, 0) is 10.8 Å². The Kier molecular flexibility index (Phi) is 7.26. The Hall–Kier alpha value is -3.14. The third kappa shape index (κ3) is 5.44. The Labute approximate surface area is 198 Å². The highest BCUT2D eigenvalue weighted by atomic mass is 16.3. The number of nitrogens with zero attached hydrogens (tertiary/aromatic N) is 3. The maximum atomic E-state index is 11.1. The van der Waals surface area contributed by atoms with Gasteiger partial charge >= 0.3 is 0 Å². The van der Waals surface area contributed by atoms with E-state index in [1.165, 1.54) is 11.1 Å². The first-order valence-electron chi connectivity index (χ1n) is 11.8. The van der Waals surface area contributed by atoms with Crippen LogP contribution in [0.4, 0.5) is 0 Å². The van der Waals surface area contributed by atoms with Crippen LogP contribution in [0.5, 0.6) is 5.75 Å². The van der Waals surface area contributed by atoms with Crippen molar-refractivity contribution in [3.63, 3.8) is 0 Å². The Morgan fingerprint density at radius 3 is 1.73 bits per heavy atom. The number of fused-ring (bicyclic) bond motifs is 1. The first-order valence-corrected chi connectivity index (χ1v) is 11.8. The summed E-state index contributed by atoms with van der Waals surface area (Å²) in [5.41, 5.74) is 5.64. The van der Waals surface area contributed by atoms with Gasteiger partial charge in [0.1, 0.15) is 22.5 Å². The summed E-state index contributed by atoms with van der Waals surface area (Å²) in [6.07, 6.45) is 1.95. The fourth-order valence-electron chi connectivity index (χ4n) is 3.57. The zero-order chi connectivity index (χ0) is 24.2. The SMILES string of the molecule is CCC(C)(C)c1cc(-n2nc3ccccc3n2)c(O)c(C(C)(C)CC)c1.Cc1ccccc1. The number of hydrogen-bond acceptors (Lipinski definition) is 3. The number of rotatable bonds is 5. The third-order valence-electron chi connectivity index (χ3n) is 6.81. The first kappa shape index (κ1) is 24.5. The van der Waals surface area contributed by atoms with Crippen molar-refractivity contribution in [3.05, 3.63) is 83.4 Å². The zero-order valence-corrected chi connectivity index (χ0v) is 21.1. The van der Waals surface area contributed by atoms with E-state index in [1.54, 1.807) is 4.80 Å². The van der Waals surface area contributed by atoms with E-state index >= 15 is 0 Å². The van der Waals surface area contributed by atoms with Gasteiger partial charge in [0.15, 0.2) is 0 Å². The van der Waals surface area contributed by atoms with Gasteiger partial charge < -0.3 is 5.11 Å². The molecule has 1 heterocycles. The topological polar surface area (TPSA) is 50.9 Å². The van der Waals surface area contributed by atoms with Crippen molar-refractivity contribution in [1.29, 1.82) is 0 Å². The van der Waals surface area contributed by atoms with Gasteiger partial charge in [0, 0.05) is 5.56 Å².